The molecule has 1 aromatic carbocycles. The maximum atomic E-state index is 6.21. The van der Waals surface area contributed by atoms with Crippen LogP contribution in [0.4, 0.5) is 5.69 Å². The van der Waals surface area contributed by atoms with E-state index in [1.807, 2.05) is 0 Å². The molecule has 0 bridgehead atoms. The van der Waals surface area contributed by atoms with Crippen LogP contribution in [0.1, 0.15) is 37.3 Å². The lowest BCUT2D eigenvalue weighted by Gasteiger charge is -2.26. The van der Waals surface area contributed by atoms with Crippen LogP contribution in [0.25, 0.3) is 0 Å². The van der Waals surface area contributed by atoms with Crippen LogP contribution in [0.3, 0.4) is 0 Å². The molecule has 16 heavy (non-hydrogen) atoms. The largest absolute Gasteiger partial charge is 0.366 e. The first-order valence-corrected chi connectivity index (χ1v) is 6.86. The molecule has 0 aromatic heterocycles. The number of hydrogen-bond donors (Lipinski definition) is 1. The molecule has 0 radical (unpaired) electrons. The summed E-state index contributed by atoms with van der Waals surface area (Å²) in [5, 5.41) is 0. The molecule has 2 aliphatic rings. The Labute approximate surface area is 105 Å². The number of nitrogens with two attached hydrogens (primary N) is 1. The fourth-order valence-electron chi connectivity index (χ4n) is 3.05. The molecule has 1 atom stereocenters. The molecule has 1 heterocycles. The lowest BCUT2D eigenvalue weighted by Crippen LogP contribution is -2.33. The highest BCUT2D eigenvalue weighted by molar-refractivity contribution is 9.10. The number of nitrogens with zero attached hydrogens (tertiary/aromatic N) is 1. The van der Waals surface area contributed by atoms with Crippen LogP contribution in [0, 0.1) is 0 Å². The van der Waals surface area contributed by atoms with Gasteiger partial charge in [-0.05, 0) is 36.6 Å². The number of benzene rings is 1. The van der Waals surface area contributed by atoms with Gasteiger partial charge in [-0.1, -0.05) is 28.8 Å². The van der Waals surface area contributed by atoms with Gasteiger partial charge in [0.2, 0.25) is 0 Å². The Morgan fingerprint density at radius 1 is 1.25 bits per heavy atom. The molecule has 2 nitrogen and oxygen atoms in total. The molecule has 1 aliphatic heterocycles. The van der Waals surface area contributed by atoms with Gasteiger partial charge in [-0.3, -0.25) is 0 Å². The summed E-state index contributed by atoms with van der Waals surface area (Å²) in [5.74, 6) is 0. The van der Waals surface area contributed by atoms with E-state index in [1.165, 1.54) is 36.9 Å². The van der Waals surface area contributed by atoms with Crippen LogP contribution in [0.2, 0.25) is 0 Å². The molecule has 1 aromatic rings. The van der Waals surface area contributed by atoms with E-state index >= 15 is 0 Å². The topological polar surface area (TPSA) is 29.3 Å². The number of halogens is 1. The van der Waals surface area contributed by atoms with Gasteiger partial charge >= 0.3 is 0 Å². The van der Waals surface area contributed by atoms with Crippen molar-refractivity contribution >= 4 is 21.6 Å². The molecule has 86 valence electrons. The smallest absolute Gasteiger partial charge is 0.0494 e. The van der Waals surface area contributed by atoms with Crippen molar-refractivity contribution in [2.75, 3.05) is 11.4 Å². The summed E-state index contributed by atoms with van der Waals surface area (Å²) in [5.41, 5.74) is 8.88. The van der Waals surface area contributed by atoms with Gasteiger partial charge in [0, 0.05) is 28.8 Å². The second-order valence-electron chi connectivity index (χ2n) is 4.90. The van der Waals surface area contributed by atoms with E-state index in [4.69, 9.17) is 5.73 Å². The van der Waals surface area contributed by atoms with Crippen molar-refractivity contribution < 1.29 is 0 Å². The second-order valence-corrected chi connectivity index (χ2v) is 5.82. The zero-order valence-electron chi connectivity index (χ0n) is 9.32. The minimum absolute atomic E-state index is 0.188. The summed E-state index contributed by atoms with van der Waals surface area (Å²) in [6, 6.07) is 7.43. The average Bonchev–Trinajstić information content (AvgIpc) is 2.87. The van der Waals surface area contributed by atoms with Gasteiger partial charge in [-0.25, -0.2) is 0 Å². The highest BCUT2D eigenvalue weighted by Crippen LogP contribution is 2.39. The average molecular weight is 281 g/mol. The minimum Gasteiger partial charge on any atom is -0.366 e. The van der Waals surface area contributed by atoms with E-state index in [9.17, 15) is 0 Å². The molecule has 0 saturated heterocycles. The maximum Gasteiger partial charge on any atom is 0.0494 e. The second kappa shape index (κ2) is 4.04. The third-order valence-electron chi connectivity index (χ3n) is 3.86. The molecular formula is C13H17BrN2. The van der Waals surface area contributed by atoms with E-state index in [2.05, 4.69) is 39.0 Å². The van der Waals surface area contributed by atoms with Crippen LogP contribution >= 0.6 is 15.9 Å². The van der Waals surface area contributed by atoms with Crippen LogP contribution in [0.15, 0.2) is 22.7 Å². The van der Waals surface area contributed by atoms with Crippen LogP contribution in [0.5, 0.6) is 0 Å². The van der Waals surface area contributed by atoms with E-state index in [0.717, 1.165) is 17.1 Å². The zero-order chi connectivity index (χ0) is 11.1. The number of hydrogen-bond acceptors (Lipinski definition) is 2. The Hall–Kier alpha value is -0.540. The van der Waals surface area contributed by atoms with E-state index in [0.29, 0.717) is 0 Å². The SMILES string of the molecule is N[C@@H]1CN(C2CCCC2)c2ccc(Br)cc21. The first kappa shape index (κ1) is 10.6. The predicted octanol–water partition coefficient (Wildman–Crippen LogP) is 3.21. The maximum absolute atomic E-state index is 6.21. The van der Waals surface area contributed by atoms with E-state index in [1.54, 1.807) is 0 Å². The lowest BCUT2D eigenvalue weighted by molar-refractivity contribution is 0.597. The molecular weight excluding hydrogens is 264 g/mol. The summed E-state index contributed by atoms with van der Waals surface area (Å²) in [4.78, 5) is 2.53. The van der Waals surface area contributed by atoms with Gasteiger partial charge in [0.15, 0.2) is 0 Å². The van der Waals surface area contributed by atoms with Crippen molar-refractivity contribution in [2.24, 2.45) is 5.73 Å². The summed E-state index contributed by atoms with van der Waals surface area (Å²) in [6.45, 7) is 0.996. The molecule has 3 rings (SSSR count). The first-order chi connectivity index (χ1) is 7.75. The normalized spacial score (nSPS) is 25.1. The van der Waals surface area contributed by atoms with Crippen LogP contribution in [-0.2, 0) is 0 Å². The van der Waals surface area contributed by atoms with E-state index < -0.39 is 0 Å². The van der Waals surface area contributed by atoms with Crippen molar-refractivity contribution in [1.82, 2.24) is 0 Å². The third-order valence-corrected chi connectivity index (χ3v) is 4.35. The fourth-order valence-corrected chi connectivity index (χ4v) is 3.43. The number of fused-ring (bicyclic) bond motifs is 1. The number of rotatable bonds is 1. The quantitative estimate of drug-likeness (QED) is 0.856. The van der Waals surface area contributed by atoms with Crippen molar-refractivity contribution in [3.05, 3.63) is 28.2 Å². The van der Waals surface area contributed by atoms with Gasteiger partial charge < -0.3 is 10.6 Å². The monoisotopic (exact) mass is 280 g/mol. The molecule has 0 amide bonds. The Kier molecular flexibility index (Phi) is 2.68. The minimum atomic E-state index is 0.188. The number of anilines is 1. The molecule has 1 aliphatic carbocycles. The van der Waals surface area contributed by atoms with Crippen LogP contribution < -0.4 is 10.6 Å². The summed E-state index contributed by atoms with van der Waals surface area (Å²) in [6.07, 6.45) is 5.43. The van der Waals surface area contributed by atoms with Gasteiger partial charge in [0.05, 0.1) is 0 Å². The Morgan fingerprint density at radius 3 is 2.75 bits per heavy atom. The van der Waals surface area contributed by atoms with Crippen molar-refractivity contribution in [3.63, 3.8) is 0 Å². The lowest BCUT2D eigenvalue weighted by atomic mass is 10.1. The standard InChI is InChI=1S/C13H17BrN2/c14-9-5-6-13-11(7-9)12(15)8-16(13)10-3-1-2-4-10/h5-7,10,12H,1-4,8,15H2/t12-/m1/s1. The Balaban J connectivity index is 1.95. The Morgan fingerprint density at radius 2 is 2.00 bits per heavy atom. The van der Waals surface area contributed by atoms with Crippen molar-refractivity contribution in [3.8, 4) is 0 Å². The molecule has 2 N–H and O–H groups in total. The van der Waals surface area contributed by atoms with Gasteiger partial charge in [-0.2, -0.15) is 0 Å². The van der Waals surface area contributed by atoms with Crippen molar-refractivity contribution in [1.29, 1.82) is 0 Å². The van der Waals surface area contributed by atoms with Gasteiger partial charge in [0.1, 0.15) is 0 Å². The molecule has 1 saturated carbocycles. The predicted molar refractivity (Wildman–Crippen MR) is 70.7 cm³/mol. The molecule has 1 fully saturated rings. The summed E-state index contributed by atoms with van der Waals surface area (Å²) < 4.78 is 1.13. The third kappa shape index (κ3) is 1.66. The van der Waals surface area contributed by atoms with Gasteiger partial charge in [0.25, 0.3) is 0 Å². The highest BCUT2D eigenvalue weighted by atomic mass is 79.9. The zero-order valence-corrected chi connectivity index (χ0v) is 10.9. The Bertz CT molecular complexity index is 399. The fraction of sp³-hybridized carbons (Fsp3) is 0.538. The molecule has 0 unspecified atom stereocenters. The molecule has 0 spiro atoms. The molecule has 3 heteroatoms. The highest BCUT2D eigenvalue weighted by Gasteiger charge is 2.32. The van der Waals surface area contributed by atoms with Crippen molar-refractivity contribution in [2.45, 2.75) is 37.8 Å². The van der Waals surface area contributed by atoms with E-state index in [-0.39, 0.29) is 6.04 Å². The van der Waals surface area contributed by atoms with Crippen LogP contribution in [-0.4, -0.2) is 12.6 Å². The van der Waals surface area contributed by atoms with Gasteiger partial charge in [-0.15, -0.1) is 0 Å². The summed E-state index contributed by atoms with van der Waals surface area (Å²) >= 11 is 3.52. The summed E-state index contributed by atoms with van der Waals surface area (Å²) in [7, 11) is 0. The first-order valence-electron chi connectivity index (χ1n) is 6.07.